The lowest BCUT2D eigenvalue weighted by molar-refractivity contribution is 0.0675. The molecule has 32 heavy (non-hydrogen) atoms. The Morgan fingerprint density at radius 2 is 1.84 bits per heavy atom. The maximum Gasteiger partial charge on any atom is 0.255 e. The second kappa shape index (κ2) is 7.22. The number of amides is 1. The summed E-state index contributed by atoms with van der Waals surface area (Å²) in [6.07, 6.45) is 3.93. The fourth-order valence-corrected chi connectivity index (χ4v) is 4.58. The molecule has 0 saturated carbocycles. The number of carbonyl (C=O) groups excluding carboxylic acids is 1. The van der Waals surface area contributed by atoms with Crippen LogP contribution in [0, 0.1) is 17.5 Å². The topological polar surface area (TPSA) is 56.0 Å². The number of carbonyl (C=O) groups is 1. The first-order valence-electron chi connectivity index (χ1n) is 10.2. The van der Waals surface area contributed by atoms with Crippen LogP contribution in [-0.4, -0.2) is 36.7 Å². The van der Waals surface area contributed by atoms with Gasteiger partial charge in [0.2, 0.25) is 0 Å². The summed E-state index contributed by atoms with van der Waals surface area (Å²) in [4.78, 5) is 19.5. The molecule has 0 fully saturated rings. The highest BCUT2D eigenvalue weighted by Crippen LogP contribution is 2.37. The Morgan fingerprint density at radius 3 is 2.56 bits per heavy atom. The van der Waals surface area contributed by atoms with E-state index in [0.29, 0.717) is 29.9 Å². The maximum atomic E-state index is 13.9. The first-order valence-corrected chi connectivity index (χ1v) is 10.2. The fourth-order valence-electron chi connectivity index (χ4n) is 4.58. The molecule has 0 aliphatic carbocycles. The first-order chi connectivity index (χ1) is 15.3. The summed E-state index contributed by atoms with van der Waals surface area (Å²) < 4.78 is 44.5. The van der Waals surface area contributed by atoms with Gasteiger partial charge in [-0.25, -0.2) is 18.2 Å². The smallest absolute Gasteiger partial charge is 0.255 e. The standard InChI is InChI=1S/C23H20F3N5O/c1-12-20-16(21(30(3)28-20)13-10-17(24)19(26)18(25)11-13)6-9-31(12)23(32)15-4-7-27-22-14(15)5-8-29(22)2/h4-5,7-8,10-12H,6,9H2,1-3H3. The van der Waals surface area contributed by atoms with E-state index in [1.807, 2.05) is 30.8 Å². The SMILES string of the molecule is CC1c2nn(C)c(-c3cc(F)c(F)c(F)c3)c2CCN1C(=O)c1ccnc2c1ccn2C. The van der Waals surface area contributed by atoms with Gasteiger partial charge in [0.25, 0.3) is 5.91 Å². The van der Waals surface area contributed by atoms with E-state index in [9.17, 15) is 18.0 Å². The Bertz CT molecular complexity index is 1370. The molecule has 1 aromatic carbocycles. The van der Waals surface area contributed by atoms with Crippen LogP contribution in [-0.2, 0) is 20.5 Å². The number of nitrogens with zero attached hydrogens (tertiary/aromatic N) is 5. The van der Waals surface area contributed by atoms with Gasteiger partial charge in [0, 0.05) is 49.5 Å². The number of halogens is 3. The minimum Gasteiger partial charge on any atom is -0.336 e. The molecule has 4 heterocycles. The number of rotatable bonds is 2. The summed E-state index contributed by atoms with van der Waals surface area (Å²) in [6.45, 7) is 2.29. The van der Waals surface area contributed by atoms with Crippen molar-refractivity contribution in [1.29, 1.82) is 0 Å². The van der Waals surface area contributed by atoms with Crippen molar-refractivity contribution in [2.24, 2.45) is 14.1 Å². The molecule has 0 radical (unpaired) electrons. The van der Waals surface area contributed by atoms with Crippen LogP contribution in [0.5, 0.6) is 0 Å². The number of fused-ring (bicyclic) bond motifs is 2. The zero-order chi connectivity index (χ0) is 22.7. The minimum absolute atomic E-state index is 0.132. The van der Waals surface area contributed by atoms with E-state index >= 15 is 0 Å². The Labute approximate surface area is 181 Å². The van der Waals surface area contributed by atoms with Gasteiger partial charge in [0.05, 0.1) is 23.0 Å². The molecule has 1 aliphatic rings. The maximum absolute atomic E-state index is 13.9. The lowest BCUT2D eigenvalue weighted by atomic mass is 9.94. The van der Waals surface area contributed by atoms with Crippen molar-refractivity contribution in [3.63, 3.8) is 0 Å². The zero-order valence-electron chi connectivity index (χ0n) is 17.7. The Balaban J connectivity index is 1.54. The van der Waals surface area contributed by atoms with Crippen LogP contribution in [0.3, 0.4) is 0 Å². The molecule has 1 unspecified atom stereocenters. The van der Waals surface area contributed by atoms with Gasteiger partial charge >= 0.3 is 0 Å². The predicted octanol–water partition coefficient (Wildman–Crippen LogP) is 4.15. The van der Waals surface area contributed by atoms with Gasteiger partial charge < -0.3 is 9.47 Å². The van der Waals surface area contributed by atoms with Crippen molar-refractivity contribution >= 4 is 16.9 Å². The average Bonchev–Trinajstić information content (AvgIpc) is 3.31. The van der Waals surface area contributed by atoms with Crippen LogP contribution in [0.4, 0.5) is 13.2 Å². The number of benzene rings is 1. The van der Waals surface area contributed by atoms with Crippen LogP contribution >= 0.6 is 0 Å². The molecule has 5 rings (SSSR count). The van der Waals surface area contributed by atoms with Gasteiger partial charge in [-0.05, 0) is 37.6 Å². The van der Waals surface area contributed by atoms with Gasteiger partial charge in [-0.2, -0.15) is 5.10 Å². The van der Waals surface area contributed by atoms with Gasteiger partial charge in [-0.1, -0.05) is 0 Å². The van der Waals surface area contributed by atoms with Gasteiger partial charge in [-0.15, -0.1) is 0 Å². The van der Waals surface area contributed by atoms with E-state index in [1.54, 1.807) is 24.2 Å². The van der Waals surface area contributed by atoms with E-state index < -0.39 is 17.5 Å². The number of hydrogen-bond donors (Lipinski definition) is 0. The largest absolute Gasteiger partial charge is 0.336 e. The van der Waals surface area contributed by atoms with Crippen molar-refractivity contribution in [3.05, 3.63) is 70.9 Å². The first kappa shape index (κ1) is 20.3. The highest BCUT2D eigenvalue weighted by atomic mass is 19.2. The minimum atomic E-state index is -1.50. The van der Waals surface area contributed by atoms with E-state index in [0.717, 1.165) is 28.7 Å². The summed E-state index contributed by atoms with van der Waals surface area (Å²) in [6, 6.07) is 5.17. The van der Waals surface area contributed by atoms with Gasteiger partial charge in [0.1, 0.15) is 5.65 Å². The lowest BCUT2D eigenvalue weighted by Gasteiger charge is -2.33. The summed E-state index contributed by atoms with van der Waals surface area (Å²) in [5, 5.41) is 5.33. The average molecular weight is 439 g/mol. The molecule has 1 amide bonds. The zero-order valence-corrected chi connectivity index (χ0v) is 17.7. The third-order valence-electron chi connectivity index (χ3n) is 6.16. The molecule has 1 aliphatic heterocycles. The second-order valence-corrected chi connectivity index (χ2v) is 8.04. The number of aromatic nitrogens is 4. The van der Waals surface area contributed by atoms with E-state index in [1.165, 1.54) is 4.68 Å². The number of aryl methyl sites for hydroxylation is 2. The third kappa shape index (κ3) is 2.91. The third-order valence-corrected chi connectivity index (χ3v) is 6.16. The van der Waals surface area contributed by atoms with Crippen LogP contribution in [0.2, 0.25) is 0 Å². The monoisotopic (exact) mass is 439 g/mol. The van der Waals surface area contributed by atoms with E-state index in [-0.39, 0.29) is 17.5 Å². The van der Waals surface area contributed by atoms with Crippen LogP contribution < -0.4 is 0 Å². The summed E-state index contributed by atoms with van der Waals surface area (Å²) in [5.74, 6) is -4.13. The van der Waals surface area contributed by atoms with Crippen LogP contribution in [0.1, 0.15) is 34.6 Å². The summed E-state index contributed by atoms with van der Waals surface area (Å²) in [7, 11) is 3.54. The van der Waals surface area contributed by atoms with Crippen molar-refractivity contribution in [2.75, 3.05) is 6.54 Å². The van der Waals surface area contributed by atoms with Gasteiger partial charge in [0.15, 0.2) is 17.5 Å². The Hall–Kier alpha value is -3.62. The molecule has 1 atom stereocenters. The van der Waals surface area contributed by atoms with Crippen molar-refractivity contribution in [3.8, 4) is 11.3 Å². The predicted molar refractivity (Wildman–Crippen MR) is 112 cm³/mol. The number of hydrogen-bond acceptors (Lipinski definition) is 3. The lowest BCUT2D eigenvalue weighted by Crippen LogP contribution is -2.39. The van der Waals surface area contributed by atoms with Crippen molar-refractivity contribution < 1.29 is 18.0 Å². The number of pyridine rings is 1. The van der Waals surface area contributed by atoms with E-state index in [2.05, 4.69) is 10.1 Å². The van der Waals surface area contributed by atoms with Crippen LogP contribution in [0.15, 0.2) is 36.7 Å². The molecular weight excluding hydrogens is 419 g/mol. The Morgan fingerprint density at radius 1 is 1.12 bits per heavy atom. The van der Waals surface area contributed by atoms with Crippen molar-refractivity contribution in [1.82, 2.24) is 24.2 Å². The molecule has 0 bridgehead atoms. The normalized spacial score (nSPS) is 15.9. The van der Waals surface area contributed by atoms with E-state index in [4.69, 9.17) is 0 Å². The molecule has 0 spiro atoms. The van der Waals surface area contributed by atoms with Crippen molar-refractivity contribution in [2.45, 2.75) is 19.4 Å². The molecule has 164 valence electrons. The highest BCUT2D eigenvalue weighted by molar-refractivity contribution is 6.05. The van der Waals surface area contributed by atoms with Crippen LogP contribution in [0.25, 0.3) is 22.3 Å². The summed E-state index contributed by atoms with van der Waals surface area (Å²) >= 11 is 0. The summed E-state index contributed by atoms with van der Waals surface area (Å²) in [5.41, 5.74) is 3.47. The highest BCUT2D eigenvalue weighted by Gasteiger charge is 2.34. The molecule has 4 aromatic rings. The Kier molecular flexibility index (Phi) is 4.58. The molecule has 6 nitrogen and oxygen atoms in total. The molecular formula is C23H20F3N5O. The molecule has 0 saturated heterocycles. The second-order valence-electron chi connectivity index (χ2n) is 8.04. The molecule has 3 aromatic heterocycles. The molecule has 9 heteroatoms. The van der Waals surface area contributed by atoms with Gasteiger partial charge in [-0.3, -0.25) is 9.48 Å². The quantitative estimate of drug-likeness (QED) is 0.441. The fraction of sp³-hybridized carbons (Fsp3) is 0.261. The molecule has 0 N–H and O–H groups in total.